The average Bonchev–Trinajstić information content (AvgIpc) is 2.32. The minimum Gasteiger partial charge on any atom is -0.298 e. The number of nitrogens with zero attached hydrogens (tertiary/aromatic N) is 2. The van der Waals surface area contributed by atoms with Gasteiger partial charge in [-0.25, -0.2) is 9.97 Å². The molecular formula is C12H9ClN2OS. The lowest BCUT2D eigenvalue weighted by Crippen LogP contribution is -1.88. The van der Waals surface area contributed by atoms with E-state index in [1.807, 2.05) is 13.0 Å². The Morgan fingerprint density at radius 3 is 2.82 bits per heavy atom. The van der Waals surface area contributed by atoms with Crippen LogP contribution in [0.1, 0.15) is 16.1 Å². The van der Waals surface area contributed by atoms with E-state index in [1.165, 1.54) is 11.8 Å². The third-order valence-corrected chi connectivity index (χ3v) is 3.45. The molecule has 0 fully saturated rings. The summed E-state index contributed by atoms with van der Waals surface area (Å²) in [5.74, 6) is 0. The summed E-state index contributed by atoms with van der Waals surface area (Å²) >= 11 is 7.44. The zero-order valence-corrected chi connectivity index (χ0v) is 10.6. The van der Waals surface area contributed by atoms with Crippen LogP contribution in [0.15, 0.2) is 40.5 Å². The van der Waals surface area contributed by atoms with Crippen LogP contribution >= 0.6 is 23.4 Å². The standard InChI is InChI=1S/C12H9ClN2OS/c1-8-4-5-14-12(15-8)17-11-3-2-9(7-16)6-10(11)13/h2-7H,1H3. The Balaban J connectivity index is 2.27. The first-order valence-corrected chi connectivity index (χ1v) is 6.11. The van der Waals surface area contributed by atoms with Crippen molar-refractivity contribution < 1.29 is 4.79 Å². The average molecular weight is 265 g/mol. The van der Waals surface area contributed by atoms with Gasteiger partial charge in [0.15, 0.2) is 5.16 Å². The summed E-state index contributed by atoms with van der Waals surface area (Å²) in [6.07, 6.45) is 2.47. The van der Waals surface area contributed by atoms with Gasteiger partial charge in [0.05, 0.1) is 5.02 Å². The molecule has 17 heavy (non-hydrogen) atoms. The summed E-state index contributed by atoms with van der Waals surface area (Å²) in [4.78, 5) is 19.8. The van der Waals surface area contributed by atoms with E-state index in [1.54, 1.807) is 24.4 Å². The molecule has 0 radical (unpaired) electrons. The quantitative estimate of drug-likeness (QED) is 0.629. The Kier molecular flexibility index (Phi) is 3.76. The third-order valence-electron chi connectivity index (χ3n) is 2.07. The molecule has 0 bridgehead atoms. The number of aryl methyl sites for hydroxylation is 1. The van der Waals surface area contributed by atoms with Crippen LogP contribution in [0.4, 0.5) is 0 Å². The van der Waals surface area contributed by atoms with Gasteiger partial charge in [-0.3, -0.25) is 4.79 Å². The van der Waals surface area contributed by atoms with E-state index in [0.717, 1.165) is 16.9 Å². The van der Waals surface area contributed by atoms with Crippen molar-refractivity contribution in [3.8, 4) is 0 Å². The van der Waals surface area contributed by atoms with E-state index < -0.39 is 0 Å². The van der Waals surface area contributed by atoms with Crippen molar-refractivity contribution in [2.75, 3.05) is 0 Å². The van der Waals surface area contributed by atoms with Gasteiger partial charge in [0, 0.05) is 22.3 Å². The molecule has 1 heterocycles. The molecule has 2 rings (SSSR count). The lowest BCUT2D eigenvalue weighted by molar-refractivity contribution is 0.112. The molecule has 0 unspecified atom stereocenters. The topological polar surface area (TPSA) is 42.9 Å². The highest BCUT2D eigenvalue weighted by Crippen LogP contribution is 2.31. The van der Waals surface area contributed by atoms with Gasteiger partial charge in [0.2, 0.25) is 0 Å². The van der Waals surface area contributed by atoms with E-state index in [9.17, 15) is 4.79 Å². The molecule has 0 spiro atoms. The number of hydrogen-bond acceptors (Lipinski definition) is 4. The second-order valence-electron chi connectivity index (χ2n) is 3.39. The second-order valence-corrected chi connectivity index (χ2v) is 4.81. The molecule has 2 aromatic rings. The molecule has 0 atom stereocenters. The Labute approximate surface area is 108 Å². The number of aromatic nitrogens is 2. The predicted octanol–water partition coefficient (Wildman–Crippen LogP) is 3.40. The van der Waals surface area contributed by atoms with Gasteiger partial charge in [-0.1, -0.05) is 17.7 Å². The summed E-state index contributed by atoms with van der Waals surface area (Å²) in [6, 6.07) is 6.98. The molecule has 0 N–H and O–H groups in total. The lowest BCUT2D eigenvalue weighted by atomic mass is 10.2. The number of rotatable bonds is 3. The predicted molar refractivity (Wildman–Crippen MR) is 67.7 cm³/mol. The number of carbonyl (C=O) groups excluding carboxylic acids is 1. The summed E-state index contributed by atoms with van der Waals surface area (Å²) in [5.41, 5.74) is 1.47. The van der Waals surface area contributed by atoms with Crippen LogP contribution in [-0.4, -0.2) is 16.3 Å². The molecule has 0 aliphatic carbocycles. The van der Waals surface area contributed by atoms with Crippen LogP contribution in [0.25, 0.3) is 0 Å². The van der Waals surface area contributed by atoms with Gasteiger partial charge >= 0.3 is 0 Å². The minimum absolute atomic E-state index is 0.532. The lowest BCUT2D eigenvalue weighted by Gasteiger charge is -2.03. The van der Waals surface area contributed by atoms with Crippen molar-refractivity contribution in [1.29, 1.82) is 0 Å². The maximum atomic E-state index is 10.6. The minimum atomic E-state index is 0.532. The van der Waals surface area contributed by atoms with E-state index in [4.69, 9.17) is 11.6 Å². The smallest absolute Gasteiger partial charge is 0.192 e. The molecule has 0 amide bonds. The van der Waals surface area contributed by atoms with Crippen molar-refractivity contribution in [1.82, 2.24) is 9.97 Å². The van der Waals surface area contributed by atoms with Crippen molar-refractivity contribution in [2.45, 2.75) is 17.0 Å². The summed E-state index contributed by atoms with van der Waals surface area (Å²) in [5, 5.41) is 1.18. The number of halogens is 1. The zero-order chi connectivity index (χ0) is 12.3. The molecule has 1 aromatic heterocycles. The van der Waals surface area contributed by atoms with Crippen molar-refractivity contribution in [2.24, 2.45) is 0 Å². The number of aldehydes is 1. The van der Waals surface area contributed by atoms with E-state index >= 15 is 0 Å². The molecule has 0 aliphatic rings. The SMILES string of the molecule is Cc1ccnc(Sc2ccc(C=O)cc2Cl)n1. The zero-order valence-electron chi connectivity index (χ0n) is 9.05. The molecule has 0 saturated heterocycles. The van der Waals surface area contributed by atoms with E-state index in [0.29, 0.717) is 15.7 Å². The van der Waals surface area contributed by atoms with Gasteiger partial charge in [0.1, 0.15) is 6.29 Å². The summed E-state index contributed by atoms with van der Waals surface area (Å²) in [7, 11) is 0. The van der Waals surface area contributed by atoms with Gasteiger partial charge in [-0.05, 0) is 36.9 Å². The molecule has 3 nitrogen and oxygen atoms in total. The molecule has 1 aromatic carbocycles. The molecular weight excluding hydrogens is 256 g/mol. The Morgan fingerprint density at radius 1 is 1.35 bits per heavy atom. The molecule has 5 heteroatoms. The number of carbonyl (C=O) groups is 1. The first-order chi connectivity index (χ1) is 8.19. The molecule has 86 valence electrons. The fraction of sp³-hybridized carbons (Fsp3) is 0.0833. The fourth-order valence-electron chi connectivity index (χ4n) is 1.25. The first kappa shape index (κ1) is 12.1. The highest BCUT2D eigenvalue weighted by Gasteiger charge is 2.06. The van der Waals surface area contributed by atoms with E-state index in [2.05, 4.69) is 9.97 Å². The Bertz CT molecular complexity index is 560. The maximum absolute atomic E-state index is 10.6. The van der Waals surface area contributed by atoms with E-state index in [-0.39, 0.29) is 0 Å². The van der Waals surface area contributed by atoms with Gasteiger partial charge in [-0.2, -0.15) is 0 Å². The highest BCUT2D eigenvalue weighted by atomic mass is 35.5. The van der Waals surface area contributed by atoms with Crippen LogP contribution in [-0.2, 0) is 0 Å². The Hall–Kier alpha value is -1.39. The summed E-state index contributed by atoms with van der Waals surface area (Å²) < 4.78 is 0. The molecule has 0 aliphatic heterocycles. The van der Waals surface area contributed by atoms with Crippen LogP contribution in [0.3, 0.4) is 0 Å². The van der Waals surface area contributed by atoms with Crippen LogP contribution in [0, 0.1) is 6.92 Å². The van der Waals surface area contributed by atoms with Gasteiger partial charge in [-0.15, -0.1) is 0 Å². The van der Waals surface area contributed by atoms with Crippen LogP contribution in [0.2, 0.25) is 5.02 Å². The largest absolute Gasteiger partial charge is 0.298 e. The van der Waals surface area contributed by atoms with Gasteiger partial charge < -0.3 is 0 Å². The maximum Gasteiger partial charge on any atom is 0.192 e. The summed E-state index contributed by atoms with van der Waals surface area (Å²) in [6.45, 7) is 1.91. The fourth-order valence-corrected chi connectivity index (χ4v) is 2.34. The second kappa shape index (κ2) is 5.29. The van der Waals surface area contributed by atoms with Crippen LogP contribution < -0.4 is 0 Å². The molecule has 0 saturated carbocycles. The number of benzene rings is 1. The normalized spacial score (nSPS) is 10.2. The van der Waals surface area contributed by atoms with Crippen LogP contribution in [0.5, 0.6) is 0 Å². The Morgan fingerprint density at radius 2 is 2.18 bits per heavy atom. The highest BCUT2D eigenvalue weighted by molar-refractivity contribution is 7.99. The van der Waals surface area contributed by atoms with Crippen molar-refractivity contribution in [3.05, 3.63) is 46.7 Å². The van der Waals surface area contributed by atoms with Gasteiger partial charge in [0.25, 0.3) is 0 Å². The monoisotopic (exact) mass is 264 g/mol. The third kappa shape index (κ3) is 3.05. The van der Waals surface area contributed by atoms with Crippen molar-refractivity contribution >= 4 is 29.6 Å². The first-order valence-electron chi connectivity index (χ1n) is 4.91. The van der Waals surface area contributed by atoms with Crippen molar-refractivity contribution in [3.63, 3.8) is 0 Å². The number of hydrogen-bond donors (Lipinski definition) is 0.